The molecule has 0 aliphatic rings. The molecule has 1 unspecified atom stereocenters. The number of hydrogen-bond donors (Lipinski definition) is 1. The molecular formula is C12H16ClNO. The van der Waals surface area contributed by atoms with Crippen LogP contribution in [0.2, 0.25) is 5.02 Å². The fourth-order valence-corrected chi connectivity index (χ4v) is 1.56. The summed E-state index contributed by atoms with van der Waals surface area (Å²) in [6.07, 6.45) is 0. The first-order chi connectivity index (χ1) is 7.06. The van der Waals surface area contributed by atoms with Crippen LogP contribution in [0.3, 0.4) is 0 Å². The van der Waals surface area contributed by atoms with Gasteiger partial charge in [0.05, 0.1) is 6.04 Å². The number of ketones is 1. The summed E-state index contributed by atoms with van der Waals surface area (Å²) in [5, 5.41) is 3.79. The Hall–Kier alpha value is -0.860. The SMILES string of the molecule is CCNC(C)C(=O)c1ccc(Cl)c(C)c1. The lowest BCUT2D eigenvalue weighted by molar-refractivity contribution is 0.0952. The Morgan fingerprint density at radius 2 is 2.20 bits per heavy atom. The standard InChI is InChI=1S/C12H16ClNO/c1-4-14-9(3)12(15)10-5-6-11(13)8(2)7-10/h5-7,9,14H,4H2,1-3H3. The number of Topliss-reactive ketones (excluding diaryl/α,β-unsaturated/α-hetero) is 1. The lowest BCUT2D eigenvalue weighted by Crippen LogP contribution is -2.33. The van der Waals surface area contributed by atoms with E-state index in [0.29, 0.717) is 10.6 Å². The van der Waals surface area contributed by atoms with E-state index in [4.69, 9.17) is 11.6 Å². The van der Waals surface area contributed by atoms with E-state index >= 15 is 0 Å². The third kappa shape index (κ3) is 3.05. The highest BCUT2D eigenvalue weighted by molar-refractivity contribution is 6.31. The van der Waals surface area contributed by atoms with Crippen molar-refractivity contribution in [1.82, 2.24) is 5.32 Å². The first-order valence-electron chi connectivity index (χ1n) is 5.10. The van der Waals surface area contributed by atoms with Crippen LogP contribution < -0.4 is 5.32 Å². The molecule has 15 heavy (non-hydrogen) atoms. The zero-order valence-corrected chi connectivity index (χ0v) is 10.1. The van der Waals surface area contributed by atoms with Crippen molar-refractivity contribution in [3.8, 4) is 0 Å². The molecule has 0 amide bonds. The maximum atomic E-state index is 11.9. The highest BCUT2D eigenvalue weighted by Gasteiger charge is 2.14. The van der Waals surface area contributed by atoms with Gasteiger partial charge in [0.2, 0.25) is 0 Å². The zero-order chi connectivity index (χ0) is 11.4. The smallest absolute Gasteiger partial charge is 0.179 e. The van der Waals surface area contributed by atoms with Gasteiger partial charge < -0.3 is 5.32 Å². The van der Waals surface area contributed by atoms with Crippen LogP contribution >= 0.6 is 11.6 Å². The Morgan fingerprint density at radius 3 is 2.73 bits per heavy atom. The van der Waals surface area contributed by atoms with Crippen LogP contribution in [0.4, 0.5) is 0 Å². The van der Waals surface area contributed by atoms with Gasteiger partial charge in [-0.25, -0.2) is 0 Å². The third-order valence-corrected chi connectivity index (χ3v) is 2.77. The molecule has 1 rings (SSSR count). The lowest BCUT2D eigenvalue weighted by Gasteiger charge is -2.11. The van der Waals surface area contributed by atoms with Crippen LogP contribution in [0, 0.1) is 6.92 Å². The maximum absolute atomic E-state index is 11.9. The molecular weight excluding hydrogens is 210 g/mol. The van der Waals surface area contributed by atoms with Gasteiger partial charge in [0.1, 0.15) is 0 Å². The minimum absolute atomic E-state index is 0.108. The van der Waals surface area contributed by atoms with Crippen molar-refractivity contribution in [2.24, 2.45) is 0 Å². The molecule has 1 atom stereocenters. The first kappa shape index (κ1) is 12.2. The molecule has 0 aliphatic heterocycles. The van der Waals surface area contributed by atoms with Crippen molar-refractivity contribution in [3.05, 3.63) is 34.3 Å². The molecule has 0 aliphatic carbocycles. The normalized spacial score (nSPS) is 12.5. The minimum atomic E-state index is -0.143. The molecule has 0 aromatic heterocycles. The van der Waals surface area contributed by atoms with Crippen LogP contribution in [-0.2, 0) is 0 Å². The van der Waals surface area contributed by atoms with Crippen molar-refractivity contribution >= 4 is 17.4 Å². The summed E-state index contributed by atoms with van der Waals surface area (Å²) < 4.78 is 0. The molecule has 82 valence electrons. The lowest BCUT2D eigenvalue weighted by atomic mass is 10.0. The topological polar surface area (TPSA) is 29.1 Å². The minimum Gasteiger partial charge on any atom is -0.308 e. The second kappa shape index (κ2) is 5.29. The van der Waals surface area contributed by atoms with Crippen LogP contribution in [-0.4, -0.2) is 18.4 Å². The fourth-order valence-electron chi connectivity index (χ4n) is 1.45. The number of likely N-dealkylation sites (N-methyl/N-ethyl adjacent to an activating group) is 1. The van der Waals surface area contributed by atoms with Crippen molar-refractivity contribution in [2.75, 3.05) is 6.54 Å². The Morgan fingerprint density at radius 1 is 1.53 bits per heavy atom. The van der Waals surface area contributed by atoms with Crippen LogP contribution in [0.25, 0.3) is 0 Å². The predicted octanol–water partition coefficient (Wildman–Crippen LogP) is 2.83. The molecule has 0 bridgehead atoms. The zero-order valence-electron chi connectivity index (χ0n) is 9.30. The number of rotatable bonds is 4. The highest BCUT2D eigenvalue weighted by Crippen LogP contribution is 2.17. The second-order valence-corrected chi connectivity index (χ2v) is 4.01. The summed E-state index contributed by atoms with van der Waals surface area (Å²) >= 11 is 5.90. The van der Waals surface area contributed by atoms with Gasteiger partial charge >= 0.3 is 0 Å². The summed E-state index contributed by atoms with van der Waals surface area (Å²) in [6, 6.07) is 5.22. The monoisotopic (exact) mass is 225 g/mol. The molecule has 2 nitrogen and oxygen atoms in total. The van der Waals surface area contributed by atoms with E-state index in [-0.39, 0.29) is 11.8 Å². The number of carbonyl (C=O) groups excluding carboxylic acids is 1. The fraction of sp³-hybridized carbons (Fsp3) is 0.417. The molecule has 0 saturated heterocycles. The molecule has 0 fully saturated rings. The average molecular weight is 226 g/mol. The quantitative estimate of drug-likeness (QED) is 0.799. The molecule has 0 radical (unpaired) electrons. The maximum Gasteiger partial charge on any atom is 0.179 e. The summed E-state index contributed by atoms with van der Waals surface area (Å²) in [7, 11) is 0. The Balaban J connectivity index is 2.87. The number of halogens is 1. The van der Waals surface area contributed by atoms with Gasteiger partial charge in [-0.15, -0.1) is 0 Å². The van der Waals surface area contributed by atoms with E-state index in [9.17, 15) is 4.79 Å². The van der Waals surface area contributed by atoms with E-state index in [2.05, 4.69) is 5.32 Å². The Kier molecular flexibility index (Phi) is 4.30. The van der Waals surface area contributed by atoms with Crippen molar-refractivity contribution in [1.29, 1.82) is 0 Å². The number of carbonyl (C=O) groups is 1. The Labute approximate surface area is 95.6 Å². The molecule has 1 aromatic carbocycles. The van der Waals surface area contributed by atoms with Crippen molar-refractivity contribution < 1.29 is 4.79 Å². The number of aryl methyl sites for hydroxylation is 1. The predicted molar refractivity (Wildman–Crippen MR) is 63.7 cm³/mol. The number of hydrogen-bond acceptors (Lipinski definition) is 2. The van der Waals surface area contributed by atoms with Gasteiger partial charge in [-0.3, -0.25) is 4.79 Å². The molecule has 0 saturated carbocycles. The van der Waals surface area contributed by atoms with Gasteiger partial charge in [-0.05, 0) is 44.2 Å². The molecule has 1 aromatic rings. The summed E-state index contributed by atoms with van der Waals surface area (Å²) in [6.45, 7) is 6.54. The van der Waals surface area contributed by atoms with Crippen molar-refractivity contribution in [2.45, 2.75) is 26.8 Å². The van der Waals surface area contributed by atoms with Crippen LogP contribution in [0.5, 0.6) is 0 Å². The summed E-state index contributed by atoms with van der Waals surface area (Å²) in [5.41, 5.74) is 1.65. The summed E-state index contributed by atoms with van der Waals surface area (Å²) in [5.74, 6) is 0.108. The van der Waals surface area contributed by atoms with E-state index < -0.39 is 0 Å². The van der Waals surface area contributed by atoms with Crippen LogP contribution in [0.1, 0.15) is 29.8 Å². The molecule has 1 N–H and O–H groups in total. The summed E-state index contributed by atoms with van der Waals surface area (Å²) in [4.78, 5) is 11.9. The average Bonchev–Trinajstić information content (AvgIpc) is 2.21. The van der Waals surface area contributed by atoms with Gasteiger partial charge in [0.15, 0.2) is 5.78 Å². The van der Waals surface area contributed by atoms with E-state index in [0.717, 1.165) is 12.1 Å². The molecule has 0 heterocycles. The van der Waals surface area contributed by atoms with E-state index in [1.807, 2.05) is 26.8 Å². The molecule has 0 spiro atoms. The largest absolute Gasteiger partial charge is 0.308 e. The second-order valence-electron chi connectivity index (χ2n) is 3.61. The number of benzene rings is 1. The first-order valence-corrected chi connectivity index (χ1v) is 5.47. The third-order valence-electron chi connectivity index (χ3n) is 2.35. The van der Waals surface area contributed by atoms with E-state index in [1.54, 1.807) is 12.1 Å². The van der Waals surface area contributed by atoms with Gasteiger partial charge in [0, 0.05) is 10.6 Å². The van der Waals surface area contributed by atoms with E-state index in [1.165, 1.54) is 0 Å². The van der Waals surface area contributed by atoms with Gasteiger partial charge in [-0.1, -0.05) is 18.5 Å². The van der Waals surface area contributed by atoms with Gasteiger partial charge in [-0.2, -0.15) is 0 Å². The Bertz CT molecular complexity index is 363. The van der Waals surface area contributed by atoms with Gasteiger partial charge in [0.25, 0.3) is 0 Å². The highest BCUT2D eigenvalue weighted by atomic mass is 35.5. The van der Waals surface area contributed by atoms with Crippen LogP contribution in [0.15, 0.2) is 18.2 Å². The number of nitrogens with one attached hydrogen (secondary N) is 1. The molecule has 3 heteroatoms. The van der Waals surface area contributed by atoms with Crippen molar-refractivity contribution in [3.63, 3.8) is 0 Å².